The third kappa shape index (κ3) is 4.54. The molecule has 0 atom stereocenters. The minimum atomic E-state index is 0. The molecule has 0 aliphatic heterocycles. The van der Waals surface area contributed by atoms with E-state index in [4.69, 9.17) is 8.06 Å². The fraction of sp³-hybridized carbons (Fsp3) is 0.455. The molecule has 2 nitrogen and oxygen atoms in total. The predicted octanol–water partition coefficient (Wildman–Crippen LogP) is 3.68. The van der Waals surface area contributed by atoms with Crippen molar-refractivity contribution in [3.05, 3.63) is 23.8 Å². The Balaban J connectivity index is 0. The van der Waals surface area contributed by atoms with Gasteiger partial charge in [0.2, 0.25) is 0 Å². The van der Waals surface area contributed by atoms with Gasteiger partial charge in [-0.2, -0.15) is 0 Å². The number of ether oxygens (including phenoxy) is 1. The largest absolute Gasteiger partial charge is 0.147 e. The molecule has 91 valence electrons. The molecule has 0 N–H and O–H groups in total. The van der Waals surface area contributed by atoms with E-state index in [1.807, 2.05) is 12.1 Å². The summed E-state index contributed by atoms with van der Waals surface area (Å²) in [6, 6.07) is 5.93. The molecule has 0 saturated heterocycles. The van der Waals surface area contributed by atoms with Gasteiger partial charge in [-0.3, -0.25) is 0 Å². The molecule has 0 aliphatic rings. The van der Waals surface area contributed by atoms with Gasteiger partial charge in [-0.25, -0.2) is 0 Å². The number of hydrogen-bond acceptors (Lipinski definition) is 2. The summed E-state index contributed by atoms with van der Waals surface area (Å²) in [6.45, 7) is 6.49. The van der Waals surface area contributed by atoms with E-state index in [0.29, 0.717) is 0 Å². The van der Waals surface area contributed by atoms with Crippen LogP contribution in [-0.2, 0) is 26.2 Å². The van der Waals surface area contributed by atoms with E-state index in [9.17, 15) is 0 Å². The minimum absolute atomic E-state index is 0. The van der Waals surface area contributed by atoms with Gasteiger partial charge in [0, 0.05) is 0 Å². The fourth-order valence-corrected chi connectivity index (χ4v) is 1.60. The van der Waals surface area contributed by atoms with E-state index >= 15 is 0 Å². The first-order chi connectivity index (χ1) is 6.49. The van der Waals surface area contributed by atoms with Gasteiger partial charge in [-0.1, -0.05) is 0 Å². The van der Waals surface area contributed by atoms with Crippen LogP contribution in [-0.4, -0.2) is 7.11 Å². The number of benzene rings is 1. The topological polar surface area (TPSA) is 18.5 Å². The van der Waals surface area contributed by atoms with Crippen LogP contribution in [0.4, 0.5) is 0 Å². The van der Waals surface area contributed by atoms with Crippen molar-refractivity contribution in [3.8, 4) is 11.5 Å². The van der Waals surface area contributed by atoms with Gasteiger partial charge in [0.05, 0.1) is 0 Å². The Bertz CT molecular complexity index is 324. The number of hydrogen-bond donors (Lipinski definition) is 0. The summed E-state index contributed by atoms with van der Waals surface area (Å²) in [5.74, 6) is 1.71. The molecule has 0 amide bonds. The zero-order chi connectivity index (χ0) is 10.8. The van der Waals surface area contributed by atoms with E-state index in [2.05, 4.69) is 26.8 Å². The number of halogens is 2. The van der Waals surface area contributed by atoms with Crippen LogP contribution in [0.25, 0.3) is 0 Å². The molecule has 0 aromatic heterocycles. The van der Waals surface area contributed by atoms with Gasteiger partial charge in [-0.05, 0) is 0 Å². The van der Waals surface area contributed by atoms with Crippen LogP contribution < -0.4 is 8.06 Å². The maximum absolute atomic E-state index is 5.33. The van der Waals surface area contributed by atoms with Crippen molar-refractivity contribution in [2.45, 2.75) is 26.2 Å². The monoisotopic (exact) mass is 299 g/mol. The quantitative estimate of drug-likeness (QED) is 0.776. The Kier molecular flexibility index (Phi) is 8.59. The van der Waals surface area contributed by atoms with Crippen molar-refractivity contribution in [1.29, 1.82) is 0 Å². The molecule has 0 bridgehead atoms. The smallest absolute Gasteiger partial charge is 0.147 e. The molecule has 0 spiro atoms. The maximum atomic E-state index is 5.33. The van der Waals surface area contributed by atoms with Crippen LogP contribution in [0.5, 0.6) is 11.5 Å². The van der Waals surface area contributed by atoms with Crippen LogP contribution in [0.2, 0.25) is 0 Å². The second kappa shape index (κ2) is 7.44. The van der Waals surface area contributed by atoms with Gasteiger partial charge < -0.3 is 0 Å². The first-order valence-corrected chi connectivity index (χ1v) is 5.15. The second-order valence-electron chi connectivity index (χ2n) is 4.21. The van der Waals surface area contributed by atoms with E-state index in [1.165, 1.54) is 5.56 Å². The van der Waals surface area contributed by atoms with Crippen molar-refractivity contribution in [1.82, 2.24) is 0 Å². The van der Waals surface area contributed by atoms with Crippen LogP contribution in [0.1, 0.15) is 26.3 Å². The molecular formula is C11H17Cl2O2Ti. The fourth-order valence-electron chi connectivity index (χ4n) is 1.33. The van der Waals surface area contributed by atoms with Crippen LogP contribution in [0.15, 0.2) is 18.2 Å². The standard InChI is InChI=1S/C11H16O2.2ClH.Ti/c1-11(2,3)9-6-5-8(13-4)7-10(9)12;;;/h5-7,12H,1-4H3;2*1H;/q;;;+1/p-1. The van der Waals surface area contributed by atoms with Crippen molar-refractivity contribution < 1.29 is 28.9 Å². The minimum Gasteiger partial charge on any atom is -0.147 e. The van der Waals surface area contributed by atoms with E-state index in [1.54, 1.807) is 27.9 Å². The van der Waals surface area contributed by atoms with Crippen LogP contribution in [0, 0.1) is 0 Å². The predicted molar refractivity (Wildman–Crippen MR) is 66.8 cm³/mol. The molecule has 0 aliphatic carbocycles. The van der Waals surface area contributed by atoms with Gasteiger partial charge in [-0.15, -0.1) is 24.8 Å². The molecule has 16 heavy (non-hydrogen) atoms. The molecule has 1 aromatic carbocycles. The third-order valence-electron chi connectivity index (χ3n) is 2.11. The van der Waals surface area contributed by atoms with Crippen molar-refractivity contribution >= 4 is 24.8 Å². The Morgan fingerprint density at radius 3 is 2.06 bits per heavy atom. The summed E-state index contributed by atoms with van der Waals surface area (Å²) in [5.41, 5.74) is 1.29. The molecule has 0 heterocycles. The Labute approximate surface area is 122 Å². The summed E-state index contributed by atoms with van der Waals surface area (Å²) in [7, 11) is 1.66. The number of methoxy groups -OCH3 is 1. The van der Waals surface area contributed by atoms with Crippen molar-refractivity contribution in [3.63, 3.8) is 0 Å². The van der Waals surface area contributed by atoms with E-state index in [0.717, 1.165) is 11.5 Å². The molecule has 0 saturated carbocycles. The average molecular weight is 300 g/mol. The first-order valence-electron chi connectivity index (χ1n) is 4.51. The van der Waals surface area contributed by atoms with Crippen LogP contribution in [0.3, 0.4) is 0 Å². The Hall–Kier alpha value is 0.114. The average Bonchev–Trinajstić information content (AvgIpc) is 2.15. The van der Waals surface area contributed by atoms with E-state index < -0.39 is 0 Å². The molecule has 1 aromatic rings. The Morgan fingerprint density at radius 2 is 1.69 bits per heavy atom. The van der Waals surface area contributed by atoms with Crippen LogP contribution >= 0.6 is 24.8 Å². The van der Waals surface area contributed by atoms with Crippen molar-refractivity contribution in [2.24, 2.45) is 0 Å². The van der Waals surface area contributed by atoms with Gasteiger partial charge in [0.1, 0.15) is 0 Å². The molecule has 0 fully saturated rings. The summed E-state index contributed by atoms with van der Waals surface area (Å²) in [5, 5.41) is 0. The summed E-state index contributed by atoms with van der Waals surface area (Å²) >= 11 is 1.68. The summed E-state index contributed by atoms with van der Waals surface area (Å²) in [6.07, 6.45) is 0. The van der Waals surface area contributed by atoms with Gasteiger partial charge in [0.15, 0.2) is 0 Å². The Morgan fingerprint density at radius 1 is 1.12 bits per heavy atom. The normalized spacial score (nSPS) is 9.69. The van der Waals surface area contributed by atoms with E-state index in [-0.39, 0.29) is 30.2 Å². The molecule has 0 unspecified atom stereocenters. The molecular weight excluding hydrogens is 283 g/mol. The zero-order valence-corrected chi connectivity index (χ0v) is 13.1. The zero-order valence-electron chi connectivity index (χ0n) is 9.87. The van der Waals surface area contributed by atoms with Gasteiger partial charge in [0.25, 0.3) is 0 Å². The third-order valence-corrected chi connectivity index (χ3v) is 2.45. The SMILES string of the molecule is COc1ccc(C(C)(C)C)c([O][Ti])c1.Cl.Cl. The maximum Gasteiger partial charge on any atom is -0.147 e. The summed E-state index contributed by atoms with van der Waals surface area (Å²) in [4.78, 5) is 0. The van der Waals surface area contributed by atoms with Gasteiger partial charge >= 0.3 is 97.4 Å². The number of rotatable bonds is 2. The first kappa shape index (κ1) is 18.5. The second-order valence-corrected chi connectivity index (χ2v) is 4.53. The molecule has 1 rings (SSSR count). The van der Waals surface area contributed by atoms with Crippen molar-refractivity contribution in [2.75, 3.05) is 7.11 Å². The molecule has 0 radical (unpaired) electrons. The summed E-state index contributed by atoms with van der Waals surface area (Å²) < 4.78 is 10.5. The molecule has 5 heteroatoms.